The van der Waals surface area contributed by atoms with E-state index in [0.717, 1.165) is 115 Å². The van der Waals surface area contributed by atoms with Crippen molar-refractivity contribution >= 4 is 39.5 Å². The van der Waals surface area contributed by atoms with Gasteiger partial charge in [-0.2, -0.15) is 0 Å². The zero-order chi connectivity index (χ0) is 58.5. The van der Waals surface area contributed by atoms with Crippen LogP contribution in [0.5, 0.6) is 0 Å². The molecule has 0 aliphatic heterocycles. The van der Waals surface area contributed by atoms with Gasteiger partial charge in [0.25, 0.3) is 0 Å². The van der Waals surface area contributed by atoms with Crippen LogP contribution in [0.25, 0.3) is 0 Å². The molecule has 468 valence electrons. The number of hydrogen-bond acceptors (Lipinski definition) is 15. The molecule has 5 atom stereocenters. The van der Waals surface area contributed by atoms with Crippen molar-refractivity contribution in [2.45, 2.75) is 316 Å². The number of aliphatic hydroxyl groups excluding tert-OH is 1. The smallest absolute Gasteiger partial charge is 0.462 e. The number of carbonyl (C=O) groups excluding carboxylic acids is 4. The molecule has 0 heterocycles. The second-order valence-electron chi connectivity index (χ2n) is 22.2. The maximum absolute atomic E-state index is 12.9. The number of phosphoric acid groups is 2. The lowest BCUT2D eigenvalue weighted by atomic mass is 10.0. The number of carbonyl (C=O) groups is 4. The topological polar surface area (TPSA) is 237 Å². The molecule has 0 saturated heterocycles. The van der Waals surface area contributed by atoms with Crippen LogP contribution in [0, 0.1) is 5.92 Å². The molecule has 19 heteroatoms. The molecule has 0 aliphatic rings. The van der Waals surface area contributed by atoms with E-state index >= 15 is 0 Å². The van der Waals surface area contributed by atoms with Crippen LogP contribution < -0.4 is 0 Å². The highest BCUT2D eigenvalue weighted by atomic mass is 31.2. The molecule has 0 aromatic rings. The van der Waals surface area contributed by atoms with Gasteiger partial charge in [-0.05, 0) is 31.6 Å². The lowest BCUT2D eigenvalue weighted by molar-refractivity contribution is -0.161. The molecule has 2 unspecified atom stereocenters. The minimum atomic E-state index is -4.94. The van der Waals surface area contributed by atoms with Gasteiger partial charge < -0.3 is 33.8 Å². The van der Waals surface area contributed by atoms with Gasteiger partial charge in [-0.25, -0.2) is 9.13 Å². The molecule has 79 heavy (non-hydrogen) atoms. The minimum Gasteiger partial charge on any atom is -0.462 e. The van der Waals surface area contributed by atoms with E-state index in [1.165, 1.54) is 103 Å². The Labute approximate surface area is 479 Å². The van der Waals surface area contributed by atoms with Crippen molar-refractivity contribution in [1.29, 1.82) is 0 Å². The Morgan fingerprint density at radius 1 is 0.342 bits per heavy atom. The molecule has 0 aromatic heterocycles. The van der Waals surface area contributed by atoms with Crippen molar-refractivity contribution in [2.75, 3.05) is 39.6 Å². The average molecular weight is 1170 g/mol. The first kappa shape index (κ1) is 77.1. The number of aliphatic hydroxyl groups is 1. The first-order chi connectivity index (χ1) is 38.0. The summed E-state index contributed by atoms with van der Waals surface area (Å²) in [4.78, 5) is 71.8. The van der Waals surface area contributed by atoms with E-state index < -0.39 is 97.5 Å². The molecule has 0 spiro atoms. The highest BCUT2D eigenvalue weighted by Gasteiger charge is 2.30. The third-order valence-electron chi connectivity index (χ3n) is 13.8. The summed E-state index contributed by atoms with van der Waals surface area (Å²) in [6.07, 6.45) is 36.3. The highest BCUT2D eigenvalue weighted by Crippen LogP contribution is 2.45. The average Bonchev–Trinajstić information content (AvgIpc) is 3.41. The fourth-order valence-corrected chi connectivity index (χ4v) is 10.5. The Kier molecular flexibility index (Phi) is 52.7. The zero-order valence-corrected chi connectivity index (χ0v) is 52.3. The van der Waals surface area contributed by atoms with Crippen LogP contribution in [0.3, 0.4) is 0 Å². The summed E-state index contributed by atoms with van der Waals surface area (Å²) in [6, 6.07) is 0. The number of phosphoric ester groups is 2. The van der Waals surface area contributed by atoms with Gasteiger partial charge >= 0.3 is 39.5 Å². The van der Waals surface area contributed by atoms with Crippen LogP contribution >= 0.6 is 15.6 Å². The van der Waals surface area contributed by atoms with E-state index in [9.17, 15) is 43.2 Å². The van der Waals surface area contributed by atoms with Gasteiger partial charge in [-0.15, -0.1) is 0 Å². The Bertz CT molecular complexity index is 1550. The minimum absolute atomic E-state index is 0.104. The Morgan fingerprint density at radius 2 is 0.582 bits per heavy atom. The number of esters is 4. The molecular weight excluding hydrogens is 1050 g/mol. The van der Waals surface area contributed by atoms with E-state index in [0.29, 0.717) is 25.7 Å². The summed E-state index contributed by atoms with van der Waals surface area (Å²) in [5.41, 5.74) is 0. The first-order valence-electron chi connectivity index (χ1n) is 31.6. The number of unbranched alkanes of at least 4 members (excludes halogenated alkanes) is 32. The van der Waals surface area contributed by atoms with Crippen LogP contribution in [-0.2, 0) is 65.4 Å². The van der Waals surface area contributed by atoms with E-state index in [-0.39, 0.29) is 25.7 Å². The SMILES string of the molecule is CCCCCCCCCCCCCC(=O)OC[C@H](COP(=O)(O)OC[C@@H](O)COP(=O)(O)OC[C@@H](COC(=O)CCCCCCCCC)OC(=O)CCCCCCCCCC)OC(=O)CCCCCCCCCCCCC(C)C. The molecule has 3 N–H and O–H groups in total. The van der Waals surface area contributed by atoms with Crippen molar-refractivity contribution in [3.63, 3.8) is 0 Å². The van der Waals surface area contributed by atoms with Gasteiger partial charge in [-0.3, -0.25) is 37.3 Å². The quantitative estimate of drug-likeness (QED) is 0.0222. The van der Waals surface area contributed by atoms with Crippen LogP contribution in [0.15, 0.2) is 0 Å². The lowest BCUT2D eigenvalue weighted by Gasteiger charge is -2.21. The highest BCUT2D eigenvalue weighted by molar-refractivity contribution is 7.47. The van der Waals surface area contributed by atoms with Crippen LogP contribution in [0.1, 0.15) is 298 Å². The van der Waals surface area contributed by atoms with Gasteiger partial charge in [0.1, 0.15) is 19.3 Å². The normalized spacial score (nSPS) is 14.3. The van der Waals surface area contributed by atoms with Gasteiger partial charge in [0, 0.05) is 25.7 Å². The van der Waals surface area contributed by atoms with Crippen molar-refractivity contribution in [3.8, 4) is 0 Å². The number of ether oxygens (including phenoxy) is 4. The fourth-order valence-electron chi connectivity index (χ4n) is 8.88. The monoisotopic (exact) mass is 1170 g/mol. The molecule has 0 amide bonds. The van der Waals surface area contributed by atoms with E-state index in [2.05, 4.69) is 34.6 Å². The standard InChI is InChI=1S/C60H116O17P2/c1-6-9-12-15-18-20-21-25-30-34-39-44-58(63)71-50-56(77-60(65)46-41-36-31-26-23-22-24-28-32-37-42-53(4)5)52-75-79(68,69)73-48-54(61)47-72-78(66,67)74-51-55(49-70-57(62)43-38-33-27-17-14-11-8-3)76-59(64)45-40-35-29-19-16-13-10-7-2/h53-56,61H,6-52H2,1-5H3,(H,66,67)(H,68,69)/t54-,55+,56+/m0/s1. The molecule has 0 saturated carbocycles. The van der Waals surface area contributed by atoms with Gasteiger partial charge in [0.15, 0.2) is 12.2 Å². The summed E-state index contributed by atoms with van der Waals surface area (Å²) < 4.78 is 67.7. The van der Waals surface area contributed by atoms with Gasteiger partial charge in [-0.1, -0.05) is 247 Å². The maximum atomic E-state index is 12.9. The lowest BCUT2D eigenvalue weighted by Crippen LogP contribution is -2.30. The second-order valence-corrected chi connectivity index (χ2v) is 25.1. The van der Waals surface area contributed by atoms with Crippen LogP contribution in [0.4, 0.5) is 0 Å². The molecule has 17 nitrogen and oxygen atoms in total. The van der Waals surface area contributed by atoms with Crippen molar-refractivity contribution in [1.82, 2.24) is 0 Å². The second kappa shape index (κ2) is 54.0. The predicted molar refractivity (Wildman–Crippen MR) is 312 cm³/mol. The largest absolute Gasteiger partial charge is 0.472 e. The zero-order valence-electron chi connectivity index (χ0n) is 50.5. The predicted octanol–water partition coefficient (Wildman–Crippen LogP) is 16.2. The molecule has 0 aliphatic carbocycles. The van der Waals surface area contributed by atoms with E-state index in [1.807, 2.05) is 0 Å². The van der Waals surface area contributed by atoms with Crippen molar-refractivity contribution in [2.24, 2.45) is 5.92 Å². The van der Waals surface area contributed by atoms with Crippen LogP contribution in [0.2, 0.25) is 0 Å². The Morgan fingerprint density at radius 3 is 0.861 bits per heavy atom. The molecule has 0 aromatic carbocycles. The van der Waals surface area contributed by atoms with Gasteiger partial charge in [0.2, 0.25) is 0 Å². The van der Waals surface area contributed by atoms with Gasteiger partial charge in [0.05, 0.1) is 26.4 Å². The third-order valence-corrected chi connectivity index (χ3v) is 15.7. The third kappa shape index (κ3) is 55.0. The van der Waals surface area contributed by atoms with Crippen molar-refractivity contribution < 1.29 is 80.2 Å². The molecule has 0 rings (SSSR count). The van der Waals surface area contributed by atoms with Crippen LogP contribution in [-0.4, -0.2) is 96.7 Å². The molecule has 0 bridgehead atoms. The molecular formula is C60H116O17P2. The molecule has 0 fully saturated rings. The summed E-state index contributed by atoms with van der Waals surface area (Å²) in [7, 11) is -9.87. The van der Waals surface area contributed by atoms with E-state index in [4.69, 9.17) is 37.0 Å². The maximum Gasteiger partial charge on any atom is 0.472 e. The fraction of sp³-hybridized carbons (Fsp3) is 0.933. The molecule has 0 radical (unpaired) electrons. The number of hydrogen-bond donors (Lipinski definition) is 3. The Balaban J connectivity index is 5.20. The van der Waals surface area contributed by atoms with Crippen molar-refractivity contribution in [3.05, 3.63) is 0 Å². The summed E-state index contributed by atoms with van der Waals surface area (Å²) in [5, 5.41) is 10.5. The summed E-state index contributed by atoms with van der Waals surface area (Å²) >= 11 is 0. The van der Waals surface area contributed by atoms with E-state index in [1.54, 1.807) is 0 Å². The Hall–Kier alpha value is -1.94. The summed E-state index contributed by atoms with van der Waals surface area (Å²) in [5.74, 6) is -1.39. The first-order valence-corrected chi connectivity index (χ1v) is 34.6. The summed E-state index contributed by atoms with van der Waals surface area (Å²) in [6.45, 7) is 7.08. The number of rotatable bonds is 60.